The molecule has 1 heterocycles. The zero-order valence-corrected chi connectivity index (χ0v) is 9.67. The molecule has 0 radical (unpaired) electrons. The van der Waals surface area contributed by atoms with E-state index in [0.29, 0.717) is 4.88 Å². The van der Waals surface area contributed by atoms with Crippen LogP contribution in [0.3, 0.4) is 0 Å². The average Bonchev–Trinajstić information content (AvgIpc) is 2.66. The van der Waals surface area contributed by atoms with Crippen LogP contribution in [0.2, 0.25) is 0 Å². The first-order valence-electron chi connectivity index (χ1n) is 4.92. The minimum absolute atomic E-state index is 0.0684. The summed E-state index contributed by atoms with van der Waals surface area (Å²) >= 11 is 1.10. The van der Waals surface area contributed by atoms with E-state index in [2.05, 4.69) is 14.9 Å². The van der Waals surface area contributed by atoms with E-state index in [4.69, 9.17) is 5.11 Å². The topological polar surface area (TPSA) is 75.1 Å². The first kappa shape index (κ1) is 12.1. The molecule has 0 aliphatic carbocycles. The number of hydrogen-bond donors (Lipinski definition) is 2. The van der Waals surface area contributed by atoms with E-state index >= 15 is 0 Å². The molecule has 0 saturated carbocycles. The smallest absolute Gasteiger partial charge is 0.265 e. The first-order chi connectivity index (χ1) is 7.19. The molecule has 84 valence electrons. The highest BCUT2D eigenvalue weighted by Crippen LogP contribution is 2.12. The van der Waals surface area contributed by atoms with Gasteiger partial charge in [0.25, 0.3) is 5.91 Å². The fourth-order valence-electron chi connectivity index (χ4n) is 1.12. The van der Waals surface area contributed by atoms with Crippen LogP contribution in [0, 0.1) is 0 Å². The number of aromatic nitrogens is 2. The number of carbonyl (C=O) groups excluding carboxylic acids is 1. The van der Waals surface area contributed by atoms with Crippen LogP contribution in [0.1, 0.15) is 35.6 Å². The standard InChI is InChI=1S/C9H15N3O2S/c1-3-4-7-8(15-12-11-7)9(14)10-6(2)5-13/h6,13H,3-5H2,1-2H3,(H,10,14)/t6-/m0/s1. The molecule has 15 heavy (non-hydrogen) atoms. The second kappa shape index (κ2) is 5.77. The highest BCUT2D eigenvalue weighted by molar-refractivity contribution is 7.08. The lowest BCUT2D eigenvalue weighted by Crippen LogP contribution is -2.35. The van der Waals surface area contributed by atoms with Gasteiger partial charge in [-0.3, -0.25) is 4.79 Å². The van der Waals surface area contributed by atoms with Crippen molar-refractivity contribution in [3.63, 3.8) is 0 Å². The van der Waals surface area contributed by atoms with Gasteiger partial charge in [-0.05, 0) is 24.9 Å². The number of carbonyl (C=O) groups is 1. The summed E-state index contributed by atoms with van der Waals surface area (Å²) in [5, 5.41) is 15.4. The maximum atomic E-state index is 11.7. The van der Waals surface area contributed by atoms with Crippen molar-refractivity contribution in [3.05, 3.63) is 10.6 Å². The zero-order chi connectivity index (χ0) is 11.3. The maximum absolute atomic E-state index is 11.7. The van der Waals surface area contributed by atoms with Gasteiger partial charge in [0, 0.05) is 6.04 Å². The summed E-state index contributed by atoms with van der Waals surface area (Å²) in [5.41, 5.74) is 0.741. The second-order valence-corrected chi connectivity index (χ2v) is 4.11. The van der Waals surface area contributed by atoms with Gasteiger partial charge >= 0.3 is 0 Å². The number of nitrogens with one attached hydrogen (secondary N) is 1. The molecule has 2 N–H and O–H groups in total. The monoisotopic (exact) mass is 229 g/mol. The maximum Gasteiger partial charge on any atom is 0.265 e. The Morgan fingerprint density at radius 3 is 3.00 bits per heavy atom. The van der Waals surface area contributed by atoms with Crippen LogP contribution in [0.25, 0.3) is 0 Å². The number of amides is 1. The molecule has 0 aromatic carbocycles. The Morgan fingerprint density at radius 2 is 2.40 bits per heavy atom. The summed E-state index contributed by atoms with van der Waals surface area (Å²) in [6, 6.07) is -0.242. The van der Waals surface area contributed by atoms with Crippen LogP contribution in [0.4, 0.5) is 0 Å². The minimum Gasteiger partial charge on any atom is -0.394 e. The number of nitrogens with zero attached hydrogens (tertiary/aromatic N) is 2. The molecular formula is C9H15N3O2S. The van der Waals surface area contributed by atoms with E-state index in [1.807, 2.05) is 6.92 Å². The Bertz CT molecular complexity index is 327. The van der Waals surface area contributed by atoms with Gasteiger partial charge in [0.2, 0.25) is 0 Å². The summed E-state index contributed by atoms with van der Waals surface area (Å²) in [6.45, 7) is 3.70. The molecule has 1 amide bonds. The van der Waals surface area contributed by atoms with Gasteiger partial charge in [-0.15, -0.1) is 5.10 Å². The highest BCUT2D eigenvalue weighted by atomic mass is 32.1. The lowest BCUT2D eigenvalue weighted by Gasteiger charge is -2.09. The predicted octanol–water partition coefficient (Wildman–Crippen LogP) is 0.601. The molecule has 1 aromatic rings. The molecule has 0 unspecified atom stereocenters. The fourth-order valence-corrected chi connectivity index (χ4v) is 1.73. The molecule has 6 heteroatoms. The van der Waals surface area contributed by atoms with Crippen molar-refractivity contribution in [2.75, 3.05) is 6.61 Å². The molecule has 1 atom stereocenters. The van der Waals surface area contributed by atoms with Gasteiger partial charge in [0.15, 0.2) is 0 Å². The third kappa shape index (κ3) is 3.24. The van der Waals surface area contributed by atoms with Crippen LogP contribution < -0.4 is 5.32 Å². The van der Waals surface area contributed by atoms with E-state index in [1.54, 1.807) is 6.92 Å². The van der Waals surface area contributed by atoms with E-state index in [0.717, 1.165) is 30.1 Å². The largest absolute Gasteiger partial charge is 0.394 e. The van der Waals surface area contributed by atoms with E-state index in [-0.39, 0.29) is 18.6 Å². The molecular weight excluding hydrogens is 214 g/mol. The van der Waals surface area contributed by atoms with Crippen LogP contribution in [0.5, 0.6) is 0 Å². The molecule has 5 nitrogen and oxygen atoms in total. The van der Waals surface area contributed by atoms with Crippen molar-refractivity contribution in [1.82, 2.24) is 14.9 Å². The molecule has 0 aliphatic heterocycles. The van der Waals surface area contributed by atoms with Gasteiger partial charge in [-0.2, -0.15) is 0 Å². The van der Waals surface area contributed by atoms with Gasteiger partial charge in [0.1, 0.15) is 4.88 Å². The van der Waals surface area contributed by atoms with Crippen LogP contribution >= 0.6 is 11.5 Å². The summed E-state index contributed by atoms with van der Waals surface area (Å²) in [5.74, 6) is -0.199. The number of aryl methyl sites for hydroxylation is 1. The van der Waals surface area contributed by atoms with Crippen molar-refractivity contribution in [1.29, 1.82) is 0 Å². The predicted molar refractivity (Wildman–Crippen MR) is 57.9 cm³/mol. The van der Waals surface area contributed by atoms with Gasteiger partial charge in [-0.25, -0.2) is 0 Å². The zero-order valence-electron chi connectivity index (χ0n) is 8.86. The van der Waals surface area contributed by atoms with Crippen molar-refractivity contribution in [2.45, 2.75) is 32.7 Å². The fraction of sp³-hybridized carbons (Fsp3) is 0.667. The second-order valence-electron chi connectivity index (χ2n) is 3.36. The van der Waals surface area contributed by atoms with Crippen LogP contribution in [-0.2, 0) is 6.42 Å². The Balaban J connectivity index is 2.68. The summed E-state index contributed by atoms with van der Waals surface area (Å²) < 4.78 is 3.76. The highest BCUT2D eigenvalue weighted by Gasteiger charge is 2.16. The SMILES string of the molecule is CCCc1nnsc1C(=O)N[C@@H](C)CO. The lowest BCUT2D eigenvalue weighted by atomic mass is 10.2. The van der Waals surface area contributed by atoms with Crippen molar-refractivity contribution in [3.8, 4) is 0 Å². The summed E-state index contributed by atoms with van der Waals surface area (Å²) in [6.07, 6.45) is 1.69. The third-order valence-corrected chi connectivity index (χ3v) is 2.67. The molecule has 0 fully saturated rings. The quantitative estimate of drug-likeness (QED) is 0.775. The third-order valence-electron chi connectivity index (χ3n) is 1.90. The van der Waals surface area contributed by atoms with E-state index in [1.165, 1.54) is 0 Å². The Morgan fingerprint density at radius 1 is 1.67 bits per heavy atom. The number of aliphatic hydroxyl groups excluding tert-OH is 1. The van der Waals surface area contributed by atoms with Gasteiger partial charge in [-0.1, -0.05) is 17.8 Å². The molecule has 0 spiro atoms. The molecule has 1 aromatic heterocycles. The summed E-state index contributed by atoms with van der Waals surface area (Å²) in [4.78, 5) is 12.2. The number of rotatable bonds is 5. The van der Waals surface area contributed by atoms with Crippen molar-refractivity contribution < 1.29 is 9.90 Å². The lowest BCUT2D eigenvalue weighted by molar-refractivity contribution is 0.0925. The van der Waals surface area contributed by atoms with Crippen LogP contribution in [-0.4, -0.2) is 33.2 Å². The molecule has 0 bridgehead atoms. The van der Waals surface area contributed by atoms with Gasteiger partial charge < -0.3 is 10.4 Å². The summed E-state index contributed by atoms with van der Waals surface area (Å²) in [7, 11) is 0. The Hall–Kier alpha value is -1.01. The van der Waals surface area contributed by atoms with E-state index < -0.39 is 0 Å². The van der Waals surface area contributed by atoms with Gasteiger partial charge in [0.05, 0.1) is 12.3 Å². The average molecular weight is 229 g/mol. The molecule has 0 aliphatic rings. The Kier molecular flexibility index (Phi) is 4.64. The van der Waals surface area contributed by atoms with E-state index in [9.17, 15) is 4.79 Å². The first-order valence-corrected chi connectivity index (χ1v) is 5.69. The number of hydrogen-bond acceptors (Lipinski definition) is 5. The molecule has 0 saturated heterocycles. The number of aliphatic hydroxyl groups is 1. The molecule has 1 rings (SSSR count). The van der Waals surface area contributed by atoms with Crippen molar-refractivity contribution >= 4 is 17.4 Å². The Labute approximate surface area is 92.7 Å². The normalized spacial score (nSPS) is 12.5. The van der Waals surface area contributed by atoms with Crippen LogP contribution in [0.15, 0.2) is 0 Å². The minimum atomic E-state index is -0.242. The van der Waals surface area contributed by atoms with Crippen molar-refractivity contribution in [2.24, 2.45) is 0 Å².